The number of aliphatic carboxylic acids is 1. The number of hydrogen-bond donors (Lipinski definition) is 1. The summed E-state index contributed by atoms with van der Waals surface area (Å²) in [4.78, 5) is 28.8. The van der Waals surface area contributed by atoms with Crippen LogP contribution in [-0.2, 0) is 16.1 Å². The van der Waals surface area contributed by atoms with Gasteiger partial charge in [-0.1, -0.05) is 11.8 Å². The first-order chi connectivity index (χ1) is 9.65. The van der Waals surface area contributed by atoms with Crippen LogP contribution >= 0.6 is 23.5 Å². The molecule has 0 saturated carbocycles. The van der Waals surface area contributed by atoms with Crippen molar-refractivity contribution < 1.29 is 14.7 Å². The summed E-state index contributed by atoms with van der Waals surface area (Å²) in [5, 5.41) is 11.3. The maximum absolute atomic E-state index is 12.0. The molecule has 0 aliphatic carbocycles. The van der Waals surface area contributed by atoms with Gasteiger partial charge in [0, 0.05) is 23.9 Å². The van der Waals surface area contributed by atoms with Crippen LogP contribution in [0.15, 0.2) is 28.0 Å². The Bertz CT molecular complexity index is 691. The van der Waals surface area contributed by atoms with Crippen LogP contribution in [0.4, 0.5) is 0 Å². The van der Waals surface area contributed by atoms with Gasteiger partial charge in [0.15, 0.2) is 5.16 Å². The third-order valence-electron chi connectivity index (χ3n) is 3.38. The van der Waals surface area contributed by atoms with Gasteiger partial charge < -0.3 is 9.67 Å². The number of fused-ring (bicyclic) bond motifs is 2. The zero-order valence-corrected chi connectivity index (χ0v) is 11.8. The predicted octanol–water partition coefficient (Wildman–Crippen LogP) is 0.565. The van der Waals surface area contributed by atoms with Crippen LogP contribution in [0.5, 0.6) is 0 Å². The van der Waals surface area contributed by atoms with Crippen molar-refractivity contribution in [2.24, 2.45) is 0 Å². The number of rotatable bonds is 2. The summed E-state index contributed by atoms with van der Waals surface area (Å²) in [6, 6.07) is 0. The van der Waals surface area contributed by atoms with Gasteiger partial charge in [0.25, 0.3) is 5.91 Å². The van der Waals surface area contributed by atoms with Crippen molar-refractivity contribution >= 4 is 71.0 Å². The van der Waals surface area contributed by atoms with Gasteiger partial charge in [-0.05, 0) is 6.08 Å². The van der Waals surface area contributed by atoms with E-state index >= 15 is 0 Å². The third-order valence-corrected chi connectivity index (χ3v) is 5.43. The second-order valence-electron chi connectivity index (χ2n) is 4.56. The molecule has 4 rings (SSSR count). The topological polar surface area (TPSA) is 75.4 Å². The number of carboxylic acids is 1. The summed E-state index contributed by atoms with van der Waals surface area (Å²) in [7, 11) is 0. The Balaban J connectivity index is 0.00000132. The molecule has 21 heavy (non-hydrogen) atoms. The molecule has 1 unspecified atom stereocenters. The molecule has 1 atom stereocenters. The van der Waals surface area contributed by atoms with Crippen LogP contribution < -0.4 is 0 Å². The number of carbonyl (C=O) groups is 2. The van der Waals surface area contributed by atoms with E-state index in [1.807, 2.05) is 6.20 Å². The Kier molecular flexibility index (Phi) is 4.00. The molecule has 1 aromatic heterocycles. The Morgan fingerprint density at radius 1 is 1.52 bits per heavy atom. The number of aromatic nitrogens is 2. The van der Waals surface area contributed by atoms with E-state index in [0.29, 0.717) is 5.57 Å². The number of carbonyl (C=O) groups excluding carboxylic acids is 1. The fourth-order valence-corrected chi connectivity index (χ4v) is 4.49. The van der Waals surface area contributed by atoms with Gasteiger partial charge in [-0.15, -0.1) is 11.8 Å². The van der Waals surface area contributed by atoms with Crippen LogP contribution in [0.2, 0.25) is 0 Å². The van der Waals surface area contributed by atoms with Gasteiger partial charge in [0.1, 0.15) is 11.1 Å². The normalized spacial score (nSPS) is 24.3. The average Bonchev–Trinajstić information content (AvgIpc) is 3.07. The van der Waals surface area contributed by atoms with Crippen LogP contribution in [0.3, 0.4) is 0 Å². The Morgan fingerprint density at radius 3 is 3.05 bits per heavy atom. The number of β-lactam (4-membered cyclic amide) rings is 1. The number of aryl methyl sites for hydroxylation is 1. The average molecular weight is 331 g/mol. The minimum absolute atomic E-state index is 0. The maximum atomic E-state index is 12.0. The second-order valence-corrected chi connectivity index (χ2v) is 6.58. The number of amides is 1. The quantitative estimate of drug-likeness (QED) is 0.485. The summed E-state index contributed by atoms with van der Waals surface area (Å²) >= 11 is 3.04. The molecule has 0 radical (unpaired) electrons. The molecule has 6 nitrogen and oxygen atoms in total. The number of nitrogens with zero attached hydrogens (tertiary/aromatic N) is 3. The van der Waals surface area contributed by atoms with Gasteiger partial charge in [-0.2, -0.15) is 0 Å². The molecule has 1 aromatic rings. The van der Waals surface area contributed by atoms with Crippen LogP contribution in [0.1, 0.15) is 5.69 Å². The van der Waals surface area contributed by atoms with Gasteiger partial charge in [-0.25, -0.2) is 9.78 Å². The van der Waals surface area contributed by atoms with Gasteiger partial charge in [-0.3, -0.25) is 9.69 Å². The first kappa shape index (κ1) is 15.2. The molecule has 1 saturated heterocycles. The second kappa shape index (κ2) is 5.51. The molecular weight excluding hydrogens is 321 g/mol. The molecule has 0 spiro atoms. The summed E-state index contributed by atoms with van der Waals surface area (Å²) in [5.74, 6) is -0.268. The van der Waals surface area contributed by atoms with E-state index in [1.54, 1.807) is 17.8 Å². The fraction of sp³-hybridized carbons (Fsp3) is 0.250. The Labute approximate surface area is 150 Å². The molecule has 3 aliphatic rings. The molecule has 1 amide bonds. The van der Waals surface area contributed by atoms with Crippen molar-refractivity contribution in [2.45, 2.75) is 17.1 Å². The number of imidazole rings is 1. The van der Waals surface area contributed by atoms with E-state index in [4.69, 9.17) is 5.11 Å². The summed E-state index contributed by atoms with van der Waals surface area (Å²) in [5.41, 5.74) is 1.44. The minimum atomic E-state index is -1.07. The van der Waals surface area contributed by atoms with E-state index in [2.05, 4.69) is 9.55 Å². The van der Waals surface area contributed by atoms with E-state index in [1.165, 1.54) is 22.1 Å². The third kappa shape index (κ3) is 2.29. The first-order valence-corrected chi connectivity index (χ1v) is 7.92. The summed E-state index contributed by atoms with van der Waals surface area (Å²) in [6.07, 6.45) is 3.70. The molecule has 1 N–H and O–H groups in total. The van der Waals surface area contributed by atoms with Gasteiger partial charge in [0.05, 0.1) is 11.3 Å². The molecular formula is C12H10N3NaO3S2. The Hall–Kier alpha value is -0.670. The van der Waals surface area contributed by atoms with Crippen LogP contribution in [0, 0.1) is 0 Å². The van der Waals surface area contributed by atoms with E-state index < -0.39 is 5.97 Å². The summed E-state index contributed by atoms with van der Waals surface area (Å²) in [6.45, 7) is 0.944. The van der Waals surface area contributed by atoms with Crippen molar-refractivity contribution in [1.29, 1.82) is 0 Å². The molecule has 0 bridgehead atoms. The monoisotopic (exact) mass is 331 g/mol. The number of carboxylic acid groups (broad SMARTS) is 1. The van der Waals surface area contributed by atoms with Crippen molar-refractivity contribution in [2.75, 3.05) is 5.75 Å². The fourth-order valence-electron chi connectivity index (χ4n) is 2.42. The standard InChI is InChI=1S/C12H9N3O3S2.Na.H/c16-9-7(10-15(9)8(5-20-10)11(17)18)3-6-4-14-1-2-19-12(14)13-6;;/h3-5,10H,1-2H2,(H,17,18);;/b7-3-;;. The molecule has 104 valence electrons. The molecule has 0 aromatic carbocycles. The first-order valence-electron chi connectivity index (χ1n) is 5.99. The van der Waals surface area contributed by atoms with Crippen molar-refractivity contribution in [1.82, 2.24) is 14.5 Å². The zero-order chi connectivity index (χ0) is 13.9. The van der Waals surface area contributed by atoms with Crippen LogP contribution in [-0.4, -0.2) is 72.1 Å². The van der Waals surface area contributed by atoms with Crippen molar-refractivity contribution in [3.05, 3.63) is 28.6 Å². The van der Waals surface area contributed by atoms with Gasteiger partial charge >= 0.3 is 35.5 Å². The van der Waals surface area contributed by atoms with Crippen LogP contribution in [0.25, 0.3) is 6.08 Å². The van der Waals surface area contributed by atoms with Crippen molar-refractivity contribution in [3.8, 4) is 0 Å². The number of hydrogen-bond acceptors (Lipinski definition) is 5. The SMILES string of the molecule is O=C(O)C1=CSC2/C(=C\c3cn4c(n3)SCC4)C(=O)N12.[NaH]. The predicted molar refractivity (Wildman–Crippen MR) is 82.0 cm³/mol. The van der Waals surface area contributed by atoms with Gasteiger partial charge in [0.2, 0.25) is 0 Å². The summed E-state index contributed by atoms with van der Waals surface area (Å²) < 4.78 is 2.07. The molecule has 9 heteroatoms. The molecule has 1 fully saturated rings. The van der Waals surface area contributed by atoms with E-state index in [-0.39, 0.29) is 46.5 Å². The molecule has 4 heterocycles. The number of thioether (sulfide) groups is 2. The zero-order valence-electron chi connectivity index (χ0n) is 10.1. The van der Waals surface area contributed by atoms with Crippen molar-refractivity contribution in [3.63, 3.8) is 0 Å². The molecule has 3 aliphatic heterocycles. The van der Waals surface area contributed by atoms with E-state index in [9.17, 15) is 9.59 Å². The van der Waals surface area contributed by atoms with E-state index in [0.717, 1.165) is 23.1 Å². The Morgan fingerprint density at radius 2 is 2.33 bits per heavy atom.